The normalized spacial score (nSPS) is 17.8. The van der Waals surface area contributed by atoms with Crippen LogP contribution in [-0.2, 0) is 0 Å². The number of benzene rings is 2. The van der Waals surface area contributed by atoms with Crippen LogP contribution >= 0.6 is 0 Å². The van der Waals surface area contributed by atoms with Crippen molar-refractivity contribution in [2.45, 2.75) is 19.9 Å². The van der Waals surface area contributed by atoms with Crippen molar-refractivity contribution in [3.8, 4) is 11.3 Å². The molecule has 0 radical (unpaired) electrons. The van der Waals surface area contributed by atoms with Gasteiger partial charge in [-0.3, -0.25) is 4.90 Å². The van der Waals surface area contributed by atoms with E-state index in [1.54, 1.807) is 12.1 Å². The molecule has 2 aromatic carbocycles. The number of aromatic nitrogens is 2. The van der Waals surface area contributed by atoms with E-state index >= 15 is 4.39 Å². The minimum absolute atomic E-state index is 0.207. The molecule has 0 aliphatic carbocycles. The third-order valence-electron chi connectivity index (χ3n) is 5.63. The van der Waals surface area contributed by atoms with Crippen molar-refractivity contribution in [1.82, 2.24) is 14.9 Å². The van der Waals surface area contributed by atoms with E-state index in [1.165, 1.54) is 6.33 Å². The molecule has 1 atom stereocenters. The van der Waals surface area contributed by atoms with Crippen LogP contribution in [0.5, 0.6) is 0 Å². The number of rotatable bonds is 4. The van der Waals surface area contributed by atoms with Gasteiger partial charge >= 0.3 is 0 Å². The highest BCUT2D eigenvalue weighted by molar-refractivity contribution is 5.93. The van der Waals surface area contributed by atoms with Gasteiger partial charge in [0.25, 0.3) is 0 Å². The number of likely N-dealkylation sites (N-methyl/N-ethyl adjacent to an activating group) is 1. The van der Waals surface area contributed by atoms with Crippen LogP contribution in [0.2, 0.25) is 0 Å². The average molecular weight is 376 g/mol. The molecule has 0 saturated carbocycles. The number of fused-ring (bicyclic) bond motifs is 1. The van der Waals surface area contributed by atoms with E-state index in [0.717, 1.165) is 53.9 Å². The zero-order valence-electron chi connectivity index (χ0n) is 16.4. The summed E-state index contributed by atoms with van der Waals surface area (Å²) < 4.78 is 15.1. The first-order valence-corrected chi connectivity index (χ1v) is 9.77. The van der Waals surface area contributed by atoms with Crippen molar-refractivity contribution in [2.75, 3.05) is 31.1 Å². The Labute approximate surface area is 165 Å². The van der Waals surface area contributed by atoms with Gasteiger partial charge in [-0.15, -0.1) is 0 Å². The lowest BCUT2D eigenvalue weighted by atomic mass is 10.0. The predicted octanol–water partition coefficient (Wildman–Crippen LogP) is 4.61. The molecule has 28 heavy (non-hydrogen) atoms. The fourth-order valence-corrected chi connectivity index (χ4v) is 4.03. The van der Waals surface area contributed by atoms with Gasteiger partial charge in [0, 0.05) is 36.6 Å². The van der Waals surface area contributed by atoms with Crippen LogP contribution < -0.4 is 4.90 Å². The minimum atomic E-state index is -0.207. The quantitative estimate of drug-likeness (QED) is 0.666. The fourth-order valence-electron chi connectivity index (χ4n) is 4.03. The molecule has 4 nitrogen and oxygen atoms in total. The van der Waals surface area contributed by atoms with E-state index in [4.69, 9.17) is 0 Å². The third-order valence-corrected chi connectivity index (χ3v) is 5.63. The largest absolute Gasteiger partial charge is 0.366 e. The van der Waals surface area contributed by atoms with E-state index in [2.05, 4.69) is 40.2 Å². The van der Waals surface area contributed by atoms with Crippen LogP contribution in [0.25, 0.3) is 28.2 Å². The highest BCUT2D eigenvalue weighted by atomic mass is 19.1. The Morgan fingerprint density at radius 1 is 1.18 bits per heavy atom. The molecule has 2 heterocycles. The van der Waals surface area contributed by atoms with E-state index in [9.17, 15) is 0 Å². The fraction of sp³-hybridized carbons (Fsp3) is 0.304. The van der Waals surface area contributed by atoms with E-state index in [1.807, 2.05) is 30.3 Å². The van der Waals surface area contributed by atoms with E-state index < -0.39 is 0 Å². The first-order valence-electron chi connectivity index (χ1n) is 9.77. The molecule has 1 fully saturated rings. The molecule has 1 aromatic heterocycles. The van der Waals surface area contributed by atoms with Crippen LogP contribution in [0, 0.1) is 5.82 Å². The molecule has 1 aliphatic rings. The zero-order chi connectivity index (χ0) is 19.7. The SMILES string of the molecule is C=Cc1ccc2ncnc(-c3ccc(N4CCN(CC)C(C)C4)c(F)c3)c2c1. The Hall–Kier alpha value is -2.79. The van der Waals surface area contributed by atoms with Crippen molar-refractivity contribution in [2.24, 2.45) is 0 Å². The lowest BCUT2D eigenvalue weighted by Gasteiger charge is -2.40. The molecule has 1 saturated heterocycles. The molecule has 3 aromatic rings. The van der Waals surface area contributed by atoms with Gasteiger partial charge in [0.1, 0.15) is 12.1 Å². The van der Waals surface area contributed by atoms with Gasteiger partial charge in [0.15, 0.2) is 0 Å². The van der Waals surface area contributed by atoms with Crippen LogP contribution in [-0.4, -0.2) is 47.1 Å². The molecule has 4 rings (SSSR count). The molecule has 0 amide bonds. The lowest BCUT2D eigenvalue weighted by molar-refractivity contribution is 0.199. The van der Waals surface area contributed by atoms with Crippen LogP contribution in [0.3, 0.4) is 0 Å². The smallest absolute Gasteiger partial charge is 0.147 e. The van der Waals surface area contributed by atoms with Gasteiger partial charge < -0.3 is 4.90 Å². The summed E-state index contributed by atoms with van der Waals surface area (Å²) in [6.07, 6.45) is 3.32. The Bertz CT molecular complexity index is 1020. The van der Waals surface area contributed by atoms with Gasteiger partial charge in [0.2, 0.25) is 0 Å². The molecule has 0 N–H and O–H groups in total. The second-order valence-electron chi connectivity index (χ2n) is 7.29. The van der Waals surface area contributed by atoms with E-state index in [0.29, 0.717) is 11.7 Å². The first-order chi connectivity index (χ1) is 13.6. The van der Waals surface area contributed by atoms with Crippen molar-refractivity contribution in [3.63, 3.8) is 0 Å². The number of piperazine rings is 1. The summed E-state index contributed by atoms with van der Waals surface area (Å²) >= 11 is 0. The van der Waals surface area contributed by atoms with Crippen LogP contribution in [0.1, 0.15) is 19.4 Å². The predicted molar refractivity (Wildman–Crippen MR) is 114 cm³/mol. The molecule has 1 aliphatic heterocycles. The van der Waals surface area contributed by atoms with Crippen molar-refractivity contribution >= 4 is 22.7 Å². The summed E-state index contributed by atoms with van der Waals surface area (Å²) in [6, 6.07) is 11.7. The van der Waals surface area contributed by atoms with Crippen LogP contribution in [0.4, 0.5) is 10.1 Å². The molecule has 144 valence electrons. The van der Waals surface area contributed by atoms with Crippen molar-refractivity contribution in [3.05, 3.63) is 60.7 Å². The summed E-state index contributed by atoms with van der Waals surface area (Å²) in [5.41, 5.74) is 3.99. The topological polar surface area (TPSA) is 32.3 Å². The summed E-state index contributed by atoms with van der Waals surface area (Å²) in [4.78, 5) is 13.3. The van der Waals surface area contributed by atoms with Gasteiger partial charge in [-0.25, -0.2) is 14.4 Å². The molecule has 0 spiro atoms. The Morgan fingerprint density at radius 3 is 2.75 bits per heavy atom. The van der Waals surface area contributed by atoms with Crippen LogP contribution in [0.15, 0.2) is 49.3 Å². The maximum absolute atomic E-state index is 15.1. The highest BCUT2D eigenvalue weighted by Gasteiger charge is 2.24. The number of hydrogen-bond donors (Lipinski definition) is 0. The summed E-state index contributed by atoms with van der Waals surface area (Å²) in [6.45, 7) is 11.9. The molecular weight excluding hydrogens is 351 g/mol. The van der Waals surface area contributed by atoms with Gasteiger partial charge in [-0.1, -0.05) is 31.7 Å². The second-order valence-corrected chi connectivity index (χ2v) is 7.29. The number of anilines is 1. The third kappa shape index (κ3) is 3.38. The monoisotopic (exact) mass is 376 g/mol. The highest BCUT2D eigenvalue weighted by Crippen LogP contribution is 2.31. The van der Waals surface area contributed by atoms with Gasteiger partial charge in [-0.05, 0) is 43.3 Å². The standard InChI is InChI=1S/C23H25FN4/c1-4-17-6-8-21-19(12-17)23(26-15-25-21)18-7-9-22(20(24)13-18)28-11-10-27(5-2)16(3)14-28/h4,6-9,12-13,15-16H,1,5,10-11,14H2,2-3H3. The Kier molecular flexibility index (Phi) is 5.09. The molecular formula is C23H25FN4. The summed E-state index contributed by atoms with van der Waals surface area (Å²) in [7, 11) is 0. The molecule has 1 unspecified atom stereocenters. The van der Waals surface area contributed by atoms with Crippen molar-refractivity contribution < 1.29 is 4.39 Å². The first kappa shape index (κ1) is 18.6. The maximum Gasteiger partial charge on any atom is 0.147 e. The average Bonchev–Trinajstić information content (AvgIpc) is 2.72. The van der Waals surface area contributed by atoms with Crippen molar-refractivity contribution in [1.29, 1.82) is 0 Å². The maximum atomic E-state index is 15.1. The lowest BCUT2D eigenvalue weighted by Crippen LogP contribution is -2.51. The van der Waals surface area contributed by atoms with Gasteiger partial charge in [-0.2, -0.15) is 0 Å². The number of hydrogen-bond acceptors (Lipinski definition) is 4. The van der Waals surface area contributed by atoms with E-state index in [-0.39, 0.29) is 5.82 Å². The minimum Gasteiger partial charge on any atom is -0.366 e. The summed E-state index contributed by atoms with van der Waals surface area (Å²) in [5, 5.41) is 0.900. The number of halogens is 1. The zero-order valence-corrected chi connectivity index (χ0v) is 16.4. The second kappa shape index (κ2) is 7.68. The molecule has 5 heteroatoms. The summed E-state index contributed by atoms with van der Waals surface area (Å²) in [5.74, 6) is -0.207. The van der Waals surface area contributed by atoms with Gasteiger partial charge in [0.05, 0.1) is 16.9 Å². The Balaban J connectivity index is 1.69. The number of nitrogens with zero attached hydrogens (tertiary/aromatic N) is 4. The Morgan fingerprint density at radius 2 is 2.04 bits per heavy atom. The molecule has 0 bridgehead atoms.